The van der Waals surface area contributed by atoms with Crippen LogP contribution in [-0.4, -0.2) is 63.3 Å². The Morgan fingerprint density at radius 1 is 1.03 bits per heavy atom. The summed E-state index contributed by atoms with van der Waals surface area (Å²) in [5.41, 5.74) is 1.53. The minimum absolute atomic E-state index is 0.260. The van der Waals surface area contributed by atoms with Crippen molar-refractivity contribution < 1.29 is 19.1 Å². The molecule has 148 valence electrons. The second-order valence-corrected chi connectivity index (χ2v) is 6.44. The molecule has 0 saturated carbocycles. The third-order valence-electron chi connectivity index (χ3n) is 4.57. The average molecular weight is 393 g/mol. The van der Waals surface area contributed by atoms with Crippen molar-refractivity contribution in [2.45, 2.75) is 6.10 Å². The van der Waals surface area contributed by atoms with E-state index in [0.29, 0.717) is 43.1 Å². The Morgan fingerprint density at radius 2 is 1.83 bits per heavy atom. The van der Waals surface area contributed by atoms with Crippen molar-refractivity contribution in [1.29, 1.82) is 0 Å². The number of hydrogen-bond donors (Lipinski definition) is 0. The number of carbonyl (C=O) groups is 2. The molecule has 1 aliphatic heterocycles. The Labute approximate surface area is 166 Å². The van der Waals surface area contributed by atoms with Crippen LogP contribution in [0.3, 0.4) is 0 Å². The fourth-order valence-corrected chi connectivity index (χ4v) is 3.07. The van der Waals surface area contributed by atoms with E-state index in [1.807, 2.05) is 6.07 Å². The second kappa shape index (κ2) is 8.61. The second-order valence-electron chi connectivity index (χ2n) is 6.44. The lowest BCUT2D eigenvalue weighted by Gasteiger charge is -2.30. The zero-order valence-corrected chi connectivity index (χ0v) is 15.5. The van der Waals surface area contributed by atoms with E-state index in [9.17, 15) is 9.59 Å². The minimum Gasteiger partial charge on any atom is -0.444 e. The van der Waals surface area contributed by atoms with Gasteiger partial charge in [-0.1, -0.05) is 36.4 Å². The van der Waals surface area contributed by atoms with Crippen molar-refractivity contribution >= 4 is 11.9 Å². The van der Waals surface area contributed by atoms with E-state index in [0.717, 1.165) is 0 Å². The first kappa shape index (κ1) is 18.8. The average Bonchev–Trinajstić information content (AvgIpc) is 3.33. The van der Waals surface area contributed by atoms with Crippen LogP contribution in [0.25, 0.3) is 5.69 Å². The first-order valence-electron chi connectivity index (χ1n) is 9.18. The summed E-state index contributed by atoms with van der Waals surface area (Å²) >= 11 is 0. The summed E-state index contributed by atoms with van der Waals surface area (Å²) in [7, 11) is 0. The molecule has 2 heterocycles. The van der Waals surface area contributed by atoms with Crippen molar-refractivity contribution in [1.82, 2.24) is 25.1 Å². The molecule has 1 aromatic heterocycles. The largest absolute Gasteiger partial charge is 0.444 e. The van der Waals surface area contributed by atoms with Crippen molar-refractivity contribution in [3.05, 3.63) is 72.1 Å². The number of morpholine rings is 1. The van der Waals surface area contributed by atoms with Crippen molar-refractivity contribution in [2.24, 2.45) is 0 Å². The molecule has 3 aromatic rings. The molecule has 0 radical (unpaired) electrons. The van der Waals surface area contributed by atoms with E-state index in [2.05, 4.69) is 15.5 Å². The summed E-state index contributed by atoms with van der Waals surface area (Å²) in [5, 5.41) is 11.0. The van der Waals surface area contributed by atoms with Gasteiger partial charge in [0.1, 0.15) is 6.33 Å². The van der Waals surface area contributed by atoms with Gasteiger partial charge < -0.3 is 14.4 Å². The molecule has 1 fully saturated rings. The number of amides is 1. The molecule has 0 bridgehead atoms. The molecule has 1 atom stereocenters. The quantitative estimate of drug-likeness (QED) is 0.605. The Kier molecular flexibility index (Phi) is 5.57. The molecule has 0 spiro atoms. The lowest BCUT2D eigenvalue weighted by atomic mass is 10.1. The predicted octanol–water partition coefficient (Wildman–Crippen LogP) is 1.42. The van der Waals surface area contributed by atoms with Crippen molar-refractivity contribution in [2.75, 3.05) is 26.3 Å². The monoisotopic (exact) mass is 393 g/mol. The lowest BCUT2D eigenvalue weighted by Crippen LogP contribution is -2.44. The third kappa shape index (κ3) is 4.30. The van der Waals surface area contributed by atoms with Gasteiger partial charge in [-0.2, -0.15) is 0 Å². The number of aromatic nitrogens is 4. The smallest absolute Gasteiger partial charge is 0.339 e. The van der Waals surface area contributed by atoms with Crippen LogP contribution in [0.5, 0.6) is 0 Å². The molecule has 29 heavy (non-hydrogen) atoms. The molecule has 9 nitrogen and oxygen atoms in total. The minimum atomic E-state index is -1.03. The number of benzene rings is 2. The topological polar surface area (TPSA) is 99.4 Å². The molecule has 0 unspecified atom stereocenters. The van der Waals surface area contributed by atoms with E-state index in [-0.39, 0.29) is 5.91 Å². The summed E-state index contributed by atoms with van der Waals surface area (Å²) in [5.74, 6) is -0.861. The number of carbonyl (C=O) groups excluding carboxylic acids is 2. The van der Waals surface area contributed by atoms with Crippen LogP contribution in [0.1, 0.15) is 22.0 Å². The van der Waals surface area contributed by atoms with Crippen LogP contribution in [0, 0.1) is 0 Å². The van der Waals surface area contributed by atoms with Gasteiger partial charge in [-0.15, -0.1) is 5.10 Å². The molecule has 4 rings (SSSR count). The van der Waals surface area contributed by atoms with Gasteiger partial charge in [0.2, 0.25) is 6.10 Å². The summed E-state index contributed by atoms with van der Waals surface area (Å²) < 4.78 is 12.4. The van der Waals surface area contributed by atoms with Crippen LogP contribution in [0.2, 0.25) is 0 Å². The van der Waals surface area contributed by atoms with Crippen LogP contribution in [0.15, 0.2) is 60.9 Å². The zero-order valence-electron chi connectivity index (χ0n) is 15.5. The highest BCUT2D eigenvalue weighted by Gasteiger charge is 2.30. The van der Waals surface area contributed by atoms with Crippen molar-refractivity contribution in [3.63, 3.8) is 0 Å². The predicted molar refractivity (Wildman–Crippen MR) is 101 cm³/mol. The first-order chi connectivity index (χ1) is 14.2. The third-order valence-corrected chi connectivity index (χ3v) is 4.57. The maximum atomic E-state index is 13.1. The van der Waals surface area contributed by atoms with E-state index in [1.165, 1.54) is 11.0 Å². The molecule has 9 heteroatoms. The fourth-order valence-electron chi connectivity index (χ4n) is 3.07. The Hall–Kier alpha value is -3.59. The molecule has 1 aliphatic rings. The standard InChI is InChI=1S/C20H19N5O4/c26-19(24-9-11-28-12-10-24)18(15-5-2-1-3-6-15)29-20(27)16-7-4-8-17(13-16)25-14-21-22-23-25/h1-8,13-14,18H,9-12H2/t18-/m0/s1. The highest BCUT2D eigenvalue weighted by Crippen LogP contribution is 2.23. The molecular formula is C20H19N5O4. The van der Waals surface area contributed by atoms with Gasteiger partial charge in [0.05, 0.1) is 24.5 Å². The maximum Gasteiger partial charge on any atom is 0.339 e. The highest BCUT2D eigenvalue weighted by molar-refractivity contribution is 5.93. The Balaban J connectivity index is 1.58. The van der Waals surface area contributed by atoms with E-state index < -0.39 is 12.1 Å². The fraction of sp³-hybridized carbons (Fsp3) is 0.250. The van der Waals surface area contributed by atoms with Gasteiger partial charge in [0.15, 0.2) is 0 Å². The normalized spacial score (nSPS) is 15.0. The van der Waals surface area contributed by atoms with Crippen LogP contribution in [-0.2, 0) is 14.3 Å². The number of ether oxygens (including phenoxy) is 2. The van der Waals surface area contributed by atoms with Crippen molar-refractivity contribution in [3.8, 4) is 5.69 Å². The number of nitrogens with zero attached hydrogens (tertiary/aromatic N) is 5. The van der Waals surface area contributed by atoms with Crippen LogP contribution < -0.4 is 0 Å². The van der Waals surface area contributed by atoms with Gasteiger partial charge in [-0.25, -0.2) is 9.48 Å². The van der Waals surface area contributed by atoms with E-state index in [4.69, 9.17) is 9.47 Å². The SMILES string of the molecule is O=C(O[C@H](C(=O)N1CCOCC1)c1ccccc1)c1cccc(-n2cnnn2)c1. The number of rotatable bonds is 5. The molecular weight excluding hydrogens is 374 g/mol. The summed E-state index contributed by atoms with van der Waals surface area (Å²) in [4.78, 5) is 27.6. The number of tetrazole rings is 1. The maximum absolute atomic E-state index is 13.1. The molecule has 0 aliphatic carbocycles. The molecule has 2 aromatic carbocycles. The van der Waals surface area contributed by atoms with E-state index in [1.54, 1.807) is 53.4 Å². The zero-order chi connectivity index (χ0) is 20.1. The number of esters is 1. The summed E-state index contributed by atoms with van der Waals surface area (Å²) in [6, 6.07) is 15.7. The van der Waals surface area contributed by atoms with E-state index >= 15 is 0 Å². The lowest BCUT2D eigenvalue weighted by molar-refractivity contribution is -0.145. The van der Waals surface area contributed by atoms with Gasteiger partial charge in [0.25, 0.3) is 5.91 Å². The highest BCUT2D eigenvalue weighted by atomic mass is 16.5. The number of hydrogen-bond acceptors (Lipinski definition) is 7. The van der Waals surface area contributed by atoms with Crippen LogP contribution in [0.4, 0.5) is 0 Å². The molecule has 0 N–H and O–H groups in total. The van der Waals surface area contributed by atoms with Gasteiger partial charge in [0, 0.05) is 18.7 Å². The van der Waals surface area contributed by atoms with Gasteiger partial charge in [-0.05, 0) is 28.6 Å². The molecule has 1 saturated heterocycles. The first-order valence-corrected chi connectivity index (χ1v) is 9.18. The van der Waals surface area contributed by atoms with Gasteiger partial charge >= 0.3 is 5.97 Å². The molecule has 1 amide bonds. The Bertz CT molecular complexity index is 972. The summed E-state index contributed by atoms with van der Waals surface area (Å²) in [6.45, 7) is 1.87. The Morgan fingerprint density at radius 3 is 2.55 bits per heavy atom. The summed E-state index contributed by atoms with van der Waals surface area (Å²) in [6.07, 6.45) is 0.401. The van der Waals surface area contributed by atoms with Crippen LogP contribution >= 0.6 is 0 Å². The van der Waals surface area contributed by atoms with Gasteiger partial charge in [-0.3, -0.25) is 4.79 Å².